The van der Waals surface area contributed by atoms with E-state index in [0.717, 1.165) is 0 Å². The van der Waals surface area contributed by atoms with E-state index in [0.29, 0.717) is 0 Å². The number of nitrogens with two attached hydrogens (primary N) is 1. The number of hydrogen-bond acceptors (Lipinski definition) is 3. The number of carbonyl (C=O) groups is 1. The van der Waals surface area contributed by atoms with Crippen molar-refractivity contribution in [3.8, 4) is 0 Å². The quantitative estimate of drug-likeness (QED) is 0.695. The minimum Gasteiger partial charge on any atom is -0.468 e. The Hall–Kier alpha value is -0.350. The summed E-state index contributed by atoms with van der Waals surface area (Å²) in [6.45, 7) is 3.41. The molecule has 78 valence electrons. The van der Waals surface area contributed by atoms with Gasteiger partial charge in [0.05, 0.1) is 7.11 Å². The first-order valence-electron chi connectivity index (χ1n) is 3.94. The predicted molar refractivity (Wildman–Crippen MR) is 49.5 cm³/mol. The van der Waals surface area contributed by atoms with Gasteiger partial charge in [0.1, 0.15) is 5.67 Å². The van der Waals surface area contributed by atoms with E-state index in [1.807, 2.05) is 0 Å². The summed E-state index contributed by atoms with van der Waals surface area (Å²) >= 11 is 0. The number of ether oxygens (including phenoxy) is 1. The lowest BCUT2D eigenvalue weighted by Crippen LogP contribution is -2.43. The summed E-state index contributed by atoms with van der Waals surface area (Å²) in [5.41, 5.74) is 2.57. The fourth-order valence-electron chi connectivity index (χ4n) is 1.50. The van der Waals surface area contributed by atoms with Crippen molar-refractivity contribution in [2.45, 2.75) is 31.5 Å². The van der Waals surface area contributed by atoms with Crippen LogP contribution in [0.1, 0.15) is 20.3 Å². The van der Waals surface area contributed by atoms with Crippen LogP contribution in [0, 0.1) is 5.92 Å². The van der Waals surface area contributed by atoms with E-state index in [1.54, 1.807) is 13.8 Å². The Balaban J connectivity index is 0.00000144. The maximum absolute atomic E-state index is 13.7. The van der Waals surface area contributed by atoms with Gasteiger partial charge in [0.15, 0.2) is 5.54 Å². The van der Waals surface area contributed by atoms with Crippen LogP contribution in [0.2, 0.25) is 0 Å². The molecule has 0 aromatic rings. The van der Waals surface area contributed by atoms with Gasteiger partial charge in [-0.2, -0.15) is 0 Å². The summed E-state index contributed by atoms with van der Waals surface area (Å²) in [5, 5.41) is 0. The molecule has 0 radical (unpaired) electrons. The van der Waals surface area contributed by atoms with Gasteiger partial charge in [-0.15, -0.1) is 12.4 Å². The standard InChI is InChI=1S/C8H14FNO2.ClH/c1-5(2)7(9)4-8(7,10)6(11)12-3;/h5H,4,10H2,1-3H3;1H/t7-,8+;/m1./s1. The molecule has 0 aromatic heterocycles. The highest BCUT2D eigenvalue weighted by Gasteiger charge is 2.73. The highest BCUT2D eigenvalue weighted by atomic mass is 35.5. The van der Waals surface area contributed by atoms with Crippen molar-refractivity contribution in [1.82, 2.24) is 0 Å². The van der Waals surface area contributed by atoms with Crippen LogP contribution in [-0.2, 0) is 9.53 Å². The fraction of sp³-hybridized carbons (Fsp3) is 0.875. The zero-order valence-electron chi connectivity index (χ0n) is 7.96. The van der Waals surface area contributed by atoms with Gasteiger partial charge in [-0.25, -0.2) is 9.18 Å². The molecule has 5 heteroatoms. The van der Waals surface area contributed by atoms with Crippen molar-refractivity contribution in [3.63, 3.8) is 0 Å². The number of alkyl halides is 1. The molecule has 0 unspecified atom stereocenters. The molecule has 0 heterocycles. The Morgan fingerprint density at radius 3 is 2.31 bits per heavy atom. The molecular formula is C8H15ClFNO2. The number of halogens is 2. The van der Waals surface area contributed by atoms with Crippen molar-refractivity contribution in [2.24, 2.45) is 11.7 Å². The number of methoxy groups -OCH3 is 1. The van der Waals surface area contributed by atoms with Gasteiger partial charge in [-0.05, 0) is 5.92 Å². The smallest absolute Gasteiger partial charge is 0.329 e. The third-order valence-electron chi connectivity index (χ3n) is 2.62. The Bertz CT molecular complexity index is 224. The fourth-order valence-corrected chi connectivity index (χ4v) is 1.50. The van der Waals surface area contributed by atoms with E-state index in [1.165, 1.54) is 7.11 Å². The molecule has 3 nitrogen and oxygen atoms in total. The van der Waals surface area contributed by atoms with Gasteiger partial charge in [0.2, 0.25) is 0 Å². The van der Waals surface area contributed by atoms with Gasteiger partial charge in [0.25, 0.3) is 0 Å². The van der Waals surface area contributed by atoms with Gasteiger partial charge in [-0.3, -0.25) is 0 Å². The van der Waals surface area contributed by atoms with Crippen LogP contribution >= 0.6 is 12.4 Å². The topological polar surface area (TPSA) is 52.3 Å². The minimum atomic E-state index is -1.57. The summed E-state index contributed by atoms with van der Waals surface area (Å²) in [6.07, 6.45) is 0.0737. The minimum absolute atomic E-state index is 0. The molecule has 0 aromatic carbocycles. The monoisotopic (exact) mass is 211 g/mol. The largest absolute Gasteiger partial charge is 0.468 e. The van der Waals surface area contributed by atoms with Crippen LogP contribution in [0.4, 0.5) is 4.39 Å². The van der Waals surface area contributed by atoms with Crippen LogP contribution in [0.15, 0.2) is 0 Å². The summed E-state index contributed by atoms with van der Waals surface area (Å²) in [6, 6.07) is 0. The molecule has 1 saturated carbocycles. The van der Waals surface area contributed by atoms with Crippen molar-refractivity contribution >= 4 is 18.4 Å². The normalized spacial score (nSPS) is 36.8. The molecule has 0 bridgehead atoms. The second-order valence-corrected chi connectivity index (χ2v) is 3.66. The Labute approximate surface area is 83.2 Å². The molecule has 1 fully saturated rings. The molecule has 0 spiro atoms. The number of rotatable bonds is 2. The van der Waals surface area contributed by atoms with Crippen LogP contribution in [0.25, 0.3) is 0 Å². The molecule has 2 atom stereocenters. The number of hydrogen-bond donors (Lipinski definition) is 1. The van der Waals surface area contributed by atoms with Crippen LogP contribution in [0.3, 0.4) is 0 Å². The van der Waals surface area contributed by atoms with Crippen molar-refractivity contribution in [3.05, 3.63) is 0 Å². The maximum Gasteiger partial charge on any atom is 0.329 e. The van der Waals surface area contributed by atoms with Crippen LogP contribution in [0.5, 0.6) is 0 Å². The molecule has 13 heavy (non-hydrogen) atoms. The van der Waals surface area contributed by atoms with Crippen LogP contribution < -0.4 is 5.73 Å². The summed E-state index contributed by atoms with van der Waals surface area (Å²) in [7, 11) is 1.22. The summed E-state index contributed by atoms with van der Waals surface area (Å²) in [5.74, 6) is -0.902. The van der Waals surface area contributed by atoms with Crippen LogP contribution in [-0.4, -0.2) is 24.3 Å². The van der Waals surface area contributed by atoms with Gasteiger partial charge in [-0.1, -0.05) is 13.8 Å². The SMILES string of the molecule is COC(=O)[C@@]1(N)C[C@@]1(F)C(C)C.Cl. The molecule has 0 amide bonds. The third-order valence-corrected chi connectivity index (χ3v) is 2.62. The second-order valence-electron chi connectivity index (χ2n) is 3.66. The first kappa shape index (κ1) is 12.7. The van der Waals surface area contributed by atoms with Gasteiger partial charge >= 0.3 is 5.97 Å². The molecule has 1 aliphatic carbocycles. The lowest BCUT2D eigenvalue weighted by atomic mass is 10.0. The van der Waals surface area contributed by atoms with E-state index in [9.17, 15) is 9.18 Å². The van der Waals surface area contributed by atoms with Gasteiger partial charge in [0, 0.05) is 6.42 Å². The number of esters is 1. The summed E-state index contributed by atoms with van der Waals surface area (Å²) < 4.78 is 18.1. The first-order chi connectivity index (χ1) is 5.38. The van der Waals surface area contributed by atoms with Crippen molar-refractivity contribution in [1.29, 1.82) is 0 Å². The van der Waals surface area contributed by atoms with Crippen molar-refractivity contribution in [2.75, 3.05) is 7.11 Å². The van der Waals surface area contributed by atoms with E-state index >= 15 is 0 Å². The highest BCUT2D eigenvalue weighted by Crippen LogP contribution is 2.54. The second kappa shape index (κ2) is 3.42. The molecule has 0 saturated heterocycles. The summed E-state index contributed by atoms with van der Waals surface area (Å²) in [4.78, 5) is 11.0. The molecule has 1 rings (SSSR count). The predicted octanol–water partition coefficient (Wildman–Crippen LogP) is 1.05. The molecule has 1 aliphatic rings. The van der Waals surface area contributed by atoms with E-state index in [4.69, 9.17) is 5.73 Å². The Morgan fingerprint density at radius 2 is 2.08 bits per heavy atom. The molecular weight excluding hydrogens is 197 g/mol. The number of carbonyl (C=O) groups excluding carboxylic acids is 1. The first-order valence-corrected chi connectivity index (χ1v) is 3.94. The van der Waals surface area contributed by atoms with E-state index in [-0.39, 0.29) is 24.7 Å². The zero-order valence-corrected chi connectivity index (χ0v) is 8.78. The maximum atomic E-state index is 13.7. The zero-order chi connectivity index (χ0) is 9.57. The third kappa shape index (κ3) is 1.53. The van der Waals surface area contributed by atoms with E-state index in [2.05, 4.69) is 4.74 Å². The Morgan fingerprint density at radius 1 is 1.62 bits per heavy atom. The lowest BCUT2D eigenvalue weighted by molar-refractivity contribution is -0.145. The molecule has 0 aliphatic heterocycles. The highest BCUT2D eigenvalue weighted by molar-refractivity contribution is 5.87. The van der Waals surface area contributed by atoms with E-state index < -0.39 is 17.2 Å². The van der Waals surface area contributed by atoms with Gasteiger partial charge < -0.3 is 10.5 Å². The lowest BCUT2D eigenvalue weighted by Gasteiger charge is -2.16. The molecule has 2 N–H and O–H groups in total. The average Bonchev–Trinajstić information content (AvgIpc) is 2.56. The average molecular weight is 212 g/mol. The Kier molecular flexibility index (Phi) is 3.33. The van der Waals surface area contributed by atoms with Crippen molar-refractivity contribution < 1.29 is 13.9 Å².